The quantitative estimate of drug-likeness (QED) is 0.643. The van der Waals surface area contributed by atoms with Crippen LogP contribution in [0.4, 0.5) is 8.78 Å². The molecule has 2 saturated heterocycles. The van der Waals surface area contributed by atoms with E-state index in [4.69, 9.17) is 10.00 Å². The monoisotopic (exact) mass is 454 g/mol. The van der Waals surface area contributed by atoms with Gasteiger partial charge >= 0.3 is 0 Å². The first-order valence-electron chi connectivity index (χ1n) is 11.2. The number of carbonyl (C=O) groups excluding carboxylic acids is 1. The molecule has 0 aromatic heterocycles. The molecule has 2 bridgehead atoms. The third kappa shape index (κ3) is 6.14. The predicted octanol–water partition coefficient (Wildman–Crippen LogP) is 2.42. The zero-order valence-corrected chi connectivity index (χ0v) is 18.7. The summed E-state index contributed by atoms with van der Waals surface area (Å²) in [5, 5.41) is 8.91. The number of ether oxygens (including phenoxy) is 1. The lowest BCUT2D eigenvalue weighted by atomic mass is 10.1. The molecule has 8 heteroatoms. The van der Waals surface area contributed by atoms with Crippen molar-refractivity contribution in [2.75, 3.05) is 46.3 Å². The maximum absolute atomic E-state index is 13.4. The van der Waals surface area contributed by atoms with Gasteiger partial charge in [0.2, 0.25) is 5.91 Å². The van der Waals surface area contributed by atoms with Crippen molar-refractivity contribution in [1.29, 1.82) is 5.26 Å². The number of nitriles is 1. The molecule has 0 aliphatic carbocycles. The molecule has 2 aromatic rings. The second-order valence-corrected chi connectivity index (χ2v) is 8.89. The van der Waals surface area contributed by atoms with Crippen molar-refractivity contribution in [2.24, 2.45) is 0 Å². The molecule has 0 saturated carbocycles. The second kappa shape index (κ2) is 10.4. The van der Waals surface area contributed by atoms with Gasteiger partial charge in [0.05, 0.1) is 30.4 Å². The van der Waals surface area contributed by atoms with Crippen LogP contribution < -0.4 is 0 Å². The molecule has 2 unspecified atom stereocenters. The van der Waals surface area contributed by atoms with Gasteiger partial charge in [-0.15, -0.1) is 0 Å². The molecule has 2 aliphatic heterocycles. The molecule has 2 aromatic carbocycles. The lowest BCUT2D eigenvalue weighted by molar-refractivity contribution is -0.149. The molecule has 4 rings (SSSR count). The molecule has 0 spiro atoms. The van der Waals surface area contributed by atoms with Gasteiger partial charge in [-0.2, -0.15) is 5.26 Å². The number of rotatable bonds is 7. The number of halogens is 2. The first-order valence-corrected chi connectivity index (χ1v) is 11.2. The largest absolute Gasteiger partial charge is 0.370 e. The summed E-state index contributed by atoms with van der Waals surface area (Å²) in [7, 11) is 1.79. The van der Waals surface area contributed by atoms with E-state index in [-0.39, 0.29) is 18.1 Å². The van der Waals surface area contributed by atoms with E-state index in [9.17, 15) is 13.6 Å². The molecule has 174 valence electrons. The van der Waals surface area contributed by atoms with E-state index in [1.807, 2.05) is 12.1 Å². The van der Waals surface area contributed by atoms with Crippen LogP contribution in [0.2, 0.25) is 0 Å². The number of hydrogen-bond donors (Lipinski definition) is 0. The highest BCUT2D eigenvalue weighted by Gasteiger charge is 2.35. The summed E-state index contributed by atoms with van der Waals surface area (Å²) in [5.41, 5.74) is 2.37. The molecule has 6 nitrogen and oxygen atoms in total. The van der Waals surface area contributed by atoms with Gasteiger partial charge in [0.15, 0.2) is 11.6 Å². The van der Waals surface area contributed by atoms with Gasteiger partial charge < -0.3 is 9.64 Å². The van der Waals surface area contributed by atoms with E-state index >= 15 is 0 Å². The van der Waals surface area contributed by atoms with Crippen LogP contribution in [0.15, 0.2) is 42.5 Å². The van der Waals surface area contributed by atoms with Gasteiger partial charge in [0, 0.05) is 46.3 Å². The van der Waals surface area contributed by atoms with Crippen LogP contribution in [0.25, 0.3) is 0 Å². The zero-order valence-electron chi connectivity index (χ0n) is 18.7. The van der Waals surface area contributed by atoms with Gasteiger partial charge in [0.25, 0.3) is 0 Å². The van der Waals surface area contributed by atoms with Crippen molar-refractivity contribution in [2.45, 2.75) is 25.2 Å². The first kappa shape index (κ1) is 23.3. The molecule has 2 fully saturated rings. The minimum atomic E-state index is -0.822. The number of morpholine rings is 2. The smallest absolute Gasteiger partial charge is 0.236 e. The van der Waals surface area contributed by atoms with Crippen molar-refractivity contribution in [1.82, 2.24) is 14.7 Å². The molecular formula is C25H28F2N4O2. The van der Waals surface area contributed by atoms with Gasteiger partial charge in [-0.25, -0.2) is 8.78 Å². The SMILES string of the molecule is CN(Cc1ccc(C#N)cc1)C(=O)CN1CC2CN(CCc3ccc(F)c(F)c3)CC(C1)O2. The fraction of sp³-hybridized carbons (Fsp3) is 0.440. The Kier molecular flexibility index (Phi) is 7.33. The van der Waals surface area contributed by atoms with Gasteiger partial charge in [-0.1, -0.05) is 18.2 Å². The Balaban J connectivity index is 1.24. The molecule has 1 amide bonds. The van der Waals surface area contributed by atoms with E-state index in [1.165, 1.54) is 12.1 Å². The fourth-order valence-corrected chi connectivity index (χ4v) is 4.51. The van der Waals surface area contributed by atoms with Crippen LogP contribution in [-0.2, 0) is 22.5 Å². The third-order valence-corrected chi connectivity index (χ3v) is 6.22. The normalized spacial score (nSPS) is 20.9. The van der Waals surface area contributed by atoms with E-state index in [0.29, 0.717) is 38.2 Å². The Labute approximate surface area is 192 Å². The summed E-state index contributed by atoms with van der Waals surface area (Å²) >= 11 is 0. The number of benzene rings is 2. The van der Waals surface area contributed by atoms with E-state index in [0.717, 1.165) is 30.8 Å². The van der Waals surface area contributed by atoms with E-state index in [2.05, 4.69) is 15.9 Å². The number of likely N-dealkylation sites (N-methyl/N-ethyl adjacent to an activating group) is 1. The number of amides is 1. The maximum Gasteiger partial charge on any atom is 0.236 e. The van der Waals surface area contributed by atoms with Crippen LogP contribution in [0.1, 0.15) is 16.7 Å². The number of carbonyl (C=O) groups is 1. The summed E-state index contributed by atoms with van der Waals surface area (Å²) in [6.07, 6.45) is 0.706. The summed E-state index contributed by atoms with van der Waals surface area (Å²) < 4.78 is 32.6. The average Bonchev–Trinajstić information content (AvgIpc) is 2.79. The summed E-state index contributed by atoms with van der Waals surface area (Å²) in [5.74, 6) is -1.58. The molecule has 0 radical (unpaired) electrons. The minimum Gasteiger partial charge on any atom is -0.370 e. The molecule has 2 aliphatic rings. The minimum absolute atomic E-state index is 0.0269. The molecule has 2 atom stereocenters. The highest BCUT2D eigenvalue weighted by Crippen LogP contribution is 2.20. The summed E-state index contributed by atoms with van der Waals surface area (Å²) in [6.45, 7) is 4.49. The highest BCUT2D eigenvalue weighted by molar-refractivity contribution is 5.78. The van der Waals surface area contributed by atoms with Crippen LogP contribution in [0, 0.1) is 23.0 Å². The number of hydrogen-bond acceptors (Lipinski definition) is 5. The number of nitrogens with zero attached hydrogens (tertiary/aromatic N) is 4. The summed E-state index contributed by atoms with van der Waals surface area (Å²) in [4.78, 5) is 18.9. The Hall–Kier alpha value is -2.86. The van der Waals surface area contributed by atoms with Crippen molar-refractivity contribution in [3.63, 3.8) is 0 Å². The molecule has 2 heterocycles. The Bertz CT molecular complexity index is 1010. The van der Waals surface area contributed by atoms with Crippen molar-refractivity contribution >= 4 is 5.91 Å². The Morgan fingerprint density at radius 2 is 1.67 bits per heavy atom. The lowest BCUT2D eigenvalue weighted by Crippen LogP contribution is -2.60. The molecule has 0 N–H and O–H groups in total. The first-order chi connectivity index (χ1) is 15.9. The topological polar surface area (TPSA) is 59.8 Å². The Morgan fingerprint density at radius 3 is 2.30 bits per heavy atom. The van der Waals surface area contributed by atoms with Crippen molar-refractivity contribution in [3.05, 3.63) is 70.8 Å². The zero-order chi connectivity index (χ0) is 23.4. The van der Waals surface area contributed by atoms with Crippen molar-refractivity contribution < 1.29 is 18.3 Å². The van der Waals surface area contributed by atoms with Gasteiger partial charge in [-0.3, -0.25) is 14.6 Å². The molecule has 33 heavy (non-hydrogen) atoms. The third-order valence-electron chi connectivity index (χ3n) is 6.22. The Morgan fingerprint density at radius 1 is 1.03 bits per heavy atom. The highest BCUT2D eigenvalue weighted by atomic mass is 19.2. The van der Waals surface area contributed by atoms with Crippen LogP contribution in [-0.4, -0.2) is 79.1 Å². The van der Waals surface area contributed by atoms with Crippen LogP contribution in [0.5, 0.6) is 0 Å². The standard InChI is InChI=1S/C25H28F2N4O2/c1-29(12-20-4-2-19(11-28)3-5-20)25(32)17-31-15-21-13-30(14-22(16-31)33-21)9-8-18-6-7-23(26)24(27)10-18/h2-7,10,21-22H,8-9,12-17H2,1H3. The second-order valence-electron chi connectivity index (χ2n) is 8.89. The average molecular weight is 455 g/mol. The van der Waals surface area contributed by atoms with Crippen LogP contribution in [0.3, 0.4) is 0 Å². The van der Waals surface area contributed by atoms with E-state index in [1.54, 1.807) is 30.1 Å². The van der Waals surface area contributed by atoms with E-state index < -0.39 is 11.6 Å². The lowest BCUT2D eigenvalue weighted by Gasteiger charge is -2.45. The molecular weight excluding hydrogens is 426 g/mol. The maximum atomic E-state index is 13.4. The van der Waals surface area contributed by atoms with Gasteiger partial charge in [0.1, 0.15) is 0 Å². The number of fused-ring (bicyclic) bond motifs is 2. The van der Waals surface area contributed by atoms with Crippen LogP contribution >= 0.6 is 0 Å². The van der Waals surface area contributed by atoms with Gasteiger partial charge in [-0.05, 0) is 41.8 Å². The fourth-order valence-electron chi connectivity index (χ4n) is 4.51. The predicted molar refractivity (Wildman–Crippen MR) is 119 cm³/mol. The van der Waals surface area contributed by atoms with Crippen molar-refractivity contribution in [3.8, 4) is 6.07 Å². The summed E-state index contributed by atoms with van der Waals surface area (Å²) in [6, 6.07) is 13.4.